The van der Waals surface area contributed by atoms with Crippen molar-refractivity contribution in [3.8, 4) is 69.0 Å². The molecule has 6 aromatic rings. The van der Waals surface area contributed by atoms with Gasteiger partial charge in [0.2, 0.25) is 0 Å². The zero-order valence-electron chi connectivity index (χ0n) is 31.2. The van der Waals surface area contributed by atoms with Crippen molar-refractivity contribution in [3.05, 3.63) is 142 Å². The van der Waals surface area contributed by atoms with Gasteiger partial charge in [-0.05, 0) is 53.1 Å². The molecule has 60 heavy (non-hydrogen) atoms. The number of benzene rings is 6. The van der Waals surface area contributed by atoms with E-state index in [4.69, 9.17) is 14.2 Å². The van der Waals surface area contributed by atoms with Crippen molar-refractivity contribution in [2.45, 2.75) is 54.9 Å². The summed E-state index contributed by atoms with van der Waals surface area (Å²) in [5.41, 5.74) is 0.424. The Labute approximate surface area is 340 Å². The van der Waals surface area contributed by atoms with E-state index in [-0.39, 0.29) is 74.3 Å². The topological polar surface area (TPSA) is 270 Å². The van der Waals surface area contributed by atoms with Gasteiger partial charge in [-0.2, -0.15) is 0 Å². The molecule has 3 heterocycles. The number of rotatable bonds is 5. The van der Waals surface area contributed by atoms with E-state index in [1.54, 1.807) is 0 Å². The minimum absolute atomic E-state index is 0.0473. The van der Waals surface area contributed by atoms with Crippen molar-refractivity contribution in [1.82, 2.24) is 0 Å². The van der Waals surface area contributed by atoms with Crippen LogP contribution in [0.4, 0.5) is 0 Å². The van der Waals surface area contributed by atoms with Gasteiger partial charge in [-0.3, -0.25) is 0 Å². The van der Waals surface area contributed by atoms with Crippen LogP contribution in [0, 0.1) is 0 Å². The van der Waals surface area contributed by atoms with Gasteiger partial charge < -0.3 is 75.5 Å². The van der Waals surface area contributed by atoms with Gasteiger partial charge in [-0.15, -0.1) is 0 Å². The molecule has 6 aromatic carbocycles. The largest absolute Gasteiger partial charge is 0.508 e. The molecule has 0 amide bonds. The number of hydrogen-bond donors (Lipinski definition) is 12. The first kappa shape index (κ1) is 38.3. The van der Waals surface area contributed by atoms with Crippen LogP contribution >= 0.6 is 0 Å². The smallest absolute Gasteiger partial charge is 0.150 e. The lowest BCUT2D eigenvalue weighted by Crippen LogP contribution is -2.39. The molecule has 12 N–H and O–H groups in total. The number of aliphatic hydroxyl groups excluding tert-OH is 3. The monoisotopic (exact) mass is 818 g/mol. The minimum Gasteiger partial charge on any atom is -0.508 e. The zero-order chi connectivity index (χ0) is 42.3. The number of aromatic hydroxyl groups is 9. The number of hydrogen-bond acceptors (Lipinski definition) is 15. The Morgan fingerprint density at radius 1 is 0.383 bits per heavy atom. The predicted octanol–water partition coefficient (Wildman–Crippen LogP) is 5.33. The van der Waals surface area contributed by atoms with Crippen LogP contribution in [0.3, 0.4) is 0 Å². The fourth-order valence-corrected chi connectivity index (χ4v) is 8.78. The van der Waals surface area contributed by atoms with Crippen molar-refractivity contribution in [3.63, 3.8) is 0 Å². The van der Waals surface area contributed by atoms with E-state index < -0.39 is 83.0 Å². The molecule has 0 spiro atoms. The second-order valence-corrected chi connectivity index (χ2v) is 15.2. The molecule has 0 saturated heterocycles. The molecule has 3 aliphatic heterocycles. The summed E-state index contributed by atoms with van der Waals surface area (Å²) < 4.78 is 19.1. The molecular formula is C45H38O15. The number of aliphatic hydroxyl groups is 3. The van der Waals surface area contributed by atoms with E-state index in [1.807, 2.05) is 0 Å². The van der Waals surface area contributed by atoms with Gasteiger partial charge in [0.1, 0.15) is 87.3 Å². The summed E-state index contributed by atoms with van der Waals surface area (Å²) in [6.45, 7) is 0. The fourth-order valence-electron chi connectivity index (χ4n) is 8.78. The highest BCUT2D eigenvalue weighted by Crippen LogP contribution is 2.62. The molecule has 0 fully saturated rings. The maximum absolute atomic E-state index is 12.5. The molecule has 15 heteroatoms. The van der Waals surface area contributed by atoms with E-state index in [0.717, 1.165) is 18.2 Å². The van der Waals surface area contributed by atoms with Gasteiger partial charge in [0.05, 0.1) is 17.9 Å². The molecule has 0 radical (unpaired) electrons. The van der Waals surface area contributed by atoms with Crippen LogP contribution in [-0.4, -0.2) is 79.6 Å². The summed E-state index contributed by atoms with van der Waals surface area (Å²) in [4.78, 5) is 0. The maximum atomic E-state index is 12.5. The average molecular weight is 819 g/mol. The molecule has 308 valence electrons. The first-order valence-electron chi connectivity index (χ1n) is 18.8. The number of ether oxygens (including phenoxy) is 3. The molecule has 0 unspecified atom stereocenters. The van der Waals surface area contributed by atoms with Gasteiger partial charge >= 0.3 is 0 Å². The molecule has 3 aliphatic rings. The van der Waals surface area contributed by atoms with Gasteiger partial charge in [0.15, 0.2) is 12.2 Å². The van der Waals surface area contributed by atoms with Crippen molar-refractivity contribution in [2.24, 2.45) is 0 Å². The van der Waals surface area contributed by atoms with Crippen molar-refractivity contribution in [2.75, 3.05) is 0 Å². The standard InChI is InChI=1S/C45H38O15/c46-21-7-1-18(2-8-21)41-31(55)15-25-26(50)16-28(52)34(44(25)59-41)38-36-30(54)17-29(53)35(45(36)60-43(40(38)57)20-5-11-23(48)12-6-20)37-33-27(51)13-24(49)14-32(33)58-42(39(37)56)19-3-9-22(47)10-4-19/h1-14,16-17,31,37-43,46-57H,15H2/t31-,37-,38-,39-,40+,41-,42-,43+/m1/s1. The summed E-state index contributed by atoms with van der Waals surface area (Å²) in [5.74, 6) is -7.04. The third-order valence-corrected chi connectivity index (χ3v) is 11.5. The normalized spacial score (nSPS) is 24.2. The molecule has 0 bridgehead atoms. The summed E-state index contributed by atoms with van der Waals surface area (Å²) >= 11 is 0. The van der Waals surface area contributed by atoms with Gasteiger partial charge in [-0.1, -0.05) is 36.4 Å². The first-order chi connectivity index (χ1) is 28.7. The van der Waals surface area contributed by atoms with E-state index in [9.17, 15) is 61.3 Å². The minimum atomic E-state index is -1.71. The van der Waals surface area contributed by atoms with Crippen molar-refractivity contribution >= 4 is 0 Å². The summed E-state index contributed by atoms with van der Waals surface area (Å²) in [6, 6.07) is 21.3. The van der Waals surface area contributed by atoms with Crippen LogP contribution in [0.15, 0.2) is 97.1 Å². The molecular weight excluding hydrogens is 780 g/mol. The highest BCUT2D eigenvalue weighted by molar-refractivity contribution is 5.70. The summed E-state index contributed by atoms with van der Waals surface area (Å²) in [5, 5.41) is 135. The van der Waals surface area contributed by atoms with Crippen LogP contribution in [0.5, 0.6) is 69.0 Å². The molecule has 8 atom stereocenters. The molecule has 15 nitrogen and oxygen atoms in total. The quantitative estimate of drug-likeness (QED) is 0.105. The predicted molar refractivity (Wildman–Crippen MR) is 209 cm³/mol. The van der Waals surface area contributed by atoms with Crippen LogP contribution in [0.25, 0.3) is 0 Å². The Morgan fingerprint density at radius 3 is 1.30 bits per heavy atom. The lowest BCUT2D eigenvalue weighted by Gasteiger charge is -2.43. The van der Waals surface area contributed by atoms with Crippen LogP contribution < -0.4 is 14.2 Å². The third-order valence-electron chi connectivity index (χ3n) is 11.5. The number of phenols is 9. The summed E-state index contributed by atoms with van der Waals surface area (Å²) in [7, 11) is 0. The molecule has 0 saturated carbocycles. The van der Waals surface area contributed by atoms with Crippen molar-refractivity contribution < 1.29 is 75.5 Å². The fraction of sp³-hybridized carbons (Fsp3) is 0.200. The maximum Gasteiger partial charge on any atom is 0.150 e. The van der Waals surface area contributed by atoms with Gasteiger partial charge in [-0.25, -0.2) is 0 Å². The Balaban J connectivity index is 1.30. The Hall–Kier alpha value is -7.20. The lowest BCUT2D eigenvalue weighted by molar-refractivity contribution is -0.00554. The highest BCUT2D eigenvalue weighted by Gasteiger charge is 2.50. The lowest BCUT2D eigenvalue weighted by atomic mass is 9.73. The zero-order valence-corrected chi connectivity index (χ0v) is 31.2. The van der Waals surface area contributed by atoms with E-state index >= 15 is 0 Å². The average Bonchev–Trinajstić information content (AvgIpc) is 3.20. The first-order valence-corrected chi connectivity index (χ1v) is 18.8. The van der Waals surface area contributed by atoms with Crippen LogP contribution in [0.1, 0.15) is 74.7 Å². The number of phenolic OH excluding ortho intramolecular Hbond substituents is 9. The van der Waals surface area contributed by atoms with Gasteiger partial charge in [0, 0.05) is 58.5 Å². The Bertz CT molecular complexity index is 2630. The van der Waals surface area contributed by atoms with Crippen molar-refractivity contribution in [1.29, 1.82) is 0 Å². The molecule has 0 aliphatic carbocycles. The second kappa shape index (κ2) is 14.3. The SMILES string of the molecule is Oc1ccc([C@H]2Oc3cc(O)cc(O)c3[C@H](c3c(O)cc(O)c4c3O[C@@H](c3ccc(O)cc3)[C@@H](O)[C@@H]4c3c(O)cc(O)c4c3O[C@H](c3ccc(O)cc3)[C@H](O)C4)[C@H]2O)cc1. The second-order valence-electron chi connectivity index (χ2n) is 15.2. The summed E-state index contributed by atoms with van der Waals surface area (Å²) in [6.07, 6.45) is -8.59. The Morgan fingerprint density at radius 2 is 0.783 bits per heavy atom. The number of fused-ring (bicyclic) bond motifs is 3. The molecule has 9 rings (SSSR count). The molecule has 0 aromatic heterocycles. The third kappa shape index (κ3) is 6.18. The highest BCUT2D eigenvalue weighted by atomic mass is 16.5. The van der Waals surface area contributed by atoms with E-state index in [2.05, 4.69) is 0 Å². The van der Waals surface area contributed by atoms with Gasteiger partial charge in [0.25, 0.3) is 0 Å². The van der Waals surface area contributed by atoms with Crippen LogP contribution in [-0.2, 0) is 6.42 Å². The van der Waals surface area contributed by atoms with Crippen LogP contribution in [0.2, 0.25) is 0 Å². The van der Waals surface area contributed by atoms with E-state index in [0.29, 0.717) is 11.1 Å². The van der Waals surface area contributed by atoms with E-state index in [1.165, 1.54) is 78.9 Å². The Kier molecular flexibility index (Phi) is 9.11.